The minimum atomic E-state index is 0.507. The average Bonchev–Trinajstić information content (AvgIpc) is 3.02. The first-order chi connectivity index (χ1) is 11.4. The van der Waals surface area contributed by atoms with E-state index in [1.165, 1.54) is 18.7 Å². The molecule has 0 aliphatic carbocycles. The van der Waals surface area contributed by atoms with Crippen LogP contribution in [0.25, 0.3) is 16.9 Å². The molecular formula is C19H22N4. The lowest BCUT2D eigenvalue weighted by Crippen LogP contribution is -2.33. The number of piperidine rings is 1. The van der Waals surface area contributed by atoms with Crippen LogP contribution in [0, 0.1) is 0 Å². The van der Waals surface area contributed by atoms with Crippen LogP contribution in [0.4, 0.5) is 0 Å². The Morgan fingerprint density at radius 3 is 2.57 bits per heavy atom. The van der Waals surface area contributed by atoms with E-state index in [1.807, 2.05) is 12.3 Å². The molecule has 4 heteroatoms. The molecule has 1 aliphatic rings. The Kier molecular flexibility index (Phi) is 3.83. The van der Waals surface area contributed by atoms with Crippen LogP contribution < -0.4 is 0 Å². The summed E-state index contributed by atoms with van der Waals surface area (Å²) >= 11 is 0. The van der Waals surface area contributed by atoms with Crippen molar-refractivity contribution in [1.29, 1.82) is 0 Å². The number of benzene rings is 1. The Hall–Kier alpha value is -2.20. The molecule has 0 unspecified atom stereocenters. The Labute approximate surface area is 136 Å². The van der Waals surface area contributed by atoms with Crippen molar-refractivity contribution in [1.82, 2.24) is 19.4 Å². The highest BCUT2D eigenvalue weighted by Gasteiger charge is 2.25. The van der Waals surface area contributed by atoms with Crippen LogP contribution in [0.1, 0.15) is 31.5 Å². The van der Waals surface area contributed by atoms with Crippen molar-refractivity contribution >= 4 is 11.2 Å². The summed E-state index contributed by atoms with van der Waals surface area (Å²) in [5, 5.41) is 0. The van der Waals surface area contributed by atoms with Gasteiger partial charge in [-0.1, -0.05) is 25.1 Å². The fraction of sp³-hybridized carbons (Fsp3) is 0.368. The van der Waals surface area contributed by atoms with Crippen molar-refractivity contribution in [2.75, 3.05) is 19.6 Å². The fourth-order valence-corrected chi connectivity index (χ4v) is 3.54. The van der Waals surface area contributed by atoms with Gasteiger partial charge in [0.1, 0.15) is 11.3 Å². The minimum Gasteiger partial charge on any atom is -0.304 e. The first-order valence-corrected chi connectivity index (χ1v) is 8.48. The van der Waals surface area contributed by atoms with Crippen molar-refractivity contribution in [3.05, 3.63) is 54.5 Å². The summed E-state index contributed by atoms with van der Waals surface area (Å²) in [4.78, 5) is 12.1. The Morgan fingerprint density at radius 1 is 1.04 bits per heavy atom. The maximum absolute atomic E-state index is 4.95. The molecule has 0 atom stereocenters. The second-order valence-electron chi connectivity index (χ2n) is 6.20. The van der Waals surface area contributed by atoms with Crippen molar-refractivity contribution in [3.63, 3.8) is 0 Å². The van der Waals surface area contributed by atoms with Gasteiger partial charge in [-0.3, -0.25) is 4.57 Å². The van der Waals surface area contributed by atoms with E-state index < -0.39 is 0 Å². The average molecular weight is 306 g/mol. The van der Waals surface area contributed by atoms with Crippen molar-refractivity contribution in [2.45, 2.75) is 25.7 Å². The van der Waals surface area contributed by atoms with Gasteiger partial charge in [-0.2, -0.15) is 0 Å². The molecule has 1 fully saturated rings. The van der Waals surface area contributed by atoms with Crippen LogP contribution in [0.5, 0.6) is 0 Å². The van der Waals surface area contributed by atoms with Gasteiger partial charge in [0.15, 0.2) is 5.65 Å². The molecule has 0 amide bonds. The van der Waals surface area contributed by atoms with Gasteiger partial charge in [-0.15, -0.1) is 0 Å². The molecule has 2 aromatic heterocycles. The van der Waals surface area contributed by atoms with Crippen LogP contribution in [-0.4, -0.2) is 39.1 Å². The van der Waals surface area contributed by atoms with Gasteiger partial charge in [0.25, 0.3) is 0 Å². The third-order valence-corrected chi connectivity index (χ3v) is 4.86. The minimum absolute atomic E-state index is 0.507. The predicted molar refractivity (Wildman–Crippen MR) is 93.0 cm³/mol. The molecule has 0 radical (unpaired) electrons. The Bertz CT molecular complexity index is 785. The molecule has 0 N–H and O–H groups in total. The van der Waals surface area contributed by atoms with E-state index >= 15 is 0 Å². The number of hydrogen-bond acceptors (Lipinski definition) is 3. The third kappa shape index (κ3) is 2.63. The first-order valence-electron chi connectivity index (χ1n) is 8.48. The zero-order chi connectivity index (χ0) is 15.6. The van der Waals surface area contributed by atoms with Crippen LogP contribution >= 0.6 is 0 Å². The Balaban J connectivity index is 1.80. The van der Waals surface area contributed by atoms with Gasteiger partial charge < -0.3 is 4.90 Å². The predicted octanol–water partition coefficient (Wildman–Crippen LogP) is 3.62. The lowest BCUT2D eigenvalue weighted by molar-refractivity contribution is 0.218. The lowest BCUT2D eigenvalue weighted by Gasteiger charge is -2.30. The van der Waals surface area contributed by atoms with Gasteiger partial charge in [0.2, 0.25) is 0 Å². The largest absolute Gasteiger partial charge is 0.304 e. The molecular weight excluding hydrogens is 284 g/mol. The quantitative estimate of drug-likeness (QED) is 0.741. The molecule has 1 aromatic carbocycles. The van der Waals surface area contributed by atoms with Crippen LogP contribution in [0.15, 0.2) is 48.7 Å². The van der Waals surface area contributed by atoms with E-state index in [0.717, 1.165) is 36.5 Å². The molecule has 23 heavy (non-hydrogen) atoms. The second-order valence-corrected chi connectivity index (χ2v) is 6.20. The van der Waals surface area contributed by atoms with Crippen molar-refractivity contribution in [3.8, 4) is 5.69 Å². The van der Waals surface area contributed by atoms with Crippen LogP contribution in [0.3, 0.4) is 0 Å². The van der Waals surface area contributed by atoms with Crippen molar-refractivity contribution < 1.29 is 0 Å². The highest BCUT2D eigenvalue weighted by atomic mass is 15.2. The molecule has 1 aliphatic heterocycles. The standard InChI is InChI=1S/C19H22N4/c1-2-22-13-10-15(11-14-22)18-21-17-9-6-12-20-19(17)23(18)16-7-4-3-5-8-16/h3-9,12,15H,2,10-11,13-14H2,1H3. The summed E-state index contributed by atoms with van der Waals surface area (Å²) in [5.41, 5.74) is 3.11. The zero-order valence-corrected chi connectivity index (χ0v) is 13.5. The van der Waals surface area contributed by atoms with E-state index in [0.29, 0.717) is 5.92 Å². The number of rotatable bonds is 3. The molecule has 3 aromatic rings. The molecule has 0 bridgehead atoms. The molecule has 1 saturated heterocycles. The number of hydrogen-bond donors (Lipinski definition) is 0. The molecule has 4 rings (SSSR count). The van der Waals surface area contributed by atoms with Gasteiger partial charge in [0.05, 0.1) is 0 Å². The van der Waals surface area contributed by atoms with Crippen molar-refractivity contribution in [2.24, 2.45) is 0 Å². The summed E-state index contributed by atoms with van der Waals surface area (Å²) in [6.45, 7) is 5.70. The number of pyridine rings is 1. The summed E-state index contributed by atoms with van der Waals surface area (Å²) < 4.78 is 2.25. The topological polar surface area (TPSA) is 34.0 Å². The normalized spacial score (nSPS) is 16.9. The third-order valence-electron chi connectivity index (χ3n) is 4.86. The number of nitrogens with zero attached hydrogens (tertiary/aromatic N) is 4. The smallest absolute Gasteiger partial charge is 0.164 e. The zero-order valence-electron chi connectivity index (χ0n) is 13.5. The number of likely N-dealkylation sites (tertiary alicyclic amines) is 1. The molecule has 0 saturated carbocycles. The van der Waals surface area contributed by atoms with Gasteiger partial charge in [-0.25, -0.2) is 9.97 Å². The van der Waals surface area contributed by atoms with Gasteiger partial charge in [-0.05, 0) is 56.7 Å². The SMILES string of the molecule is CCN1CCC(c2nc3cccnc3n2-c2ccccc2)CC1. The summed E-state index contributed by atoms with van der Waals surface area (Å²) in [6.07, 6.45) is 4.20. The number of fused-ring (bicyclic) bond motifs is 1. The maximum Gasteiger partial charge on any atom is 0.164 e. The highest BCUT2D eigenvalue weighted by molar-refractivity contribution is 5.74. The van der Waals surface area contributed by atoms with E-state index in [1.54, 1.807) is 0 Å². The summed E-state index contributed by atoms with van der Waals surface area (Å²) in [5.74, 6) is 1.67. The van der Waals surface area contributed by atoms with E-state index in [9.17, 15) is 0 Å². The molecule has 0 spiro atoms. The molecule has 4 nitrogen and oxygen atoms in total. The lowest BCUT2D eigenvalue weighted by atomic mass is 9.96. The monoisotopic (exact) mass is 306 g/mol. The number of imidazole rings is 1. The number of para-hydroxylation sites is 1. The first kappa shape index (κ1) is 14.4. The highest BCUT2D eigenvalue weighted by Crippen LogP contribution is 2.31. The van der Waals surface area contributed by atoms with Crippen LogP contribution in [0.2, 0.25) is 0 Å². The van der Waals surface area contributed by atoms with Crippen LogP contribution in [-0.2, 0) is 0 Å². The number of aromatic nitrogens is 3. The van der Waals surface area contributed by atoms with Gasteiger partial charge in [0, 0.05) is 17.8 Å². The van der Waals surface area contributed by atoms with Gasteiger partial charge >= 0.3 is 0 Å². The second kappa shape index (κ2) is 6.13. The van der Waals surface area contributed by atoms with E-state index in [2.05, 4.69) is 57.8 Å². The molecule has 3 heterocycles. The maximum atomic E-state index is 4.95. The van der Waals surface area contributed by atoms with E-state index in [4.69, 9.17) is 4.98 Å². The molecule has 118 valence electrons. The fourth-order valence-electron chi connectivity index (χ4n) is 3.54. The Morgan fingerprint density at radius 2 is 1.83 bits per heavy atom. The summed E-state index contributed by atoms with van der Waals surface area (Å²) in [6, 6.07) is 14.5. The summed E-state index contributed by atoms with van der Waals surface area (Å²) in [7, 11) is 0. The van der Waals surface area contributed by atoms with E-state index in [-0.39, 0.29) is 0 Å².